The van der Waals surface area contributed by atoms with Crippen LogP contribution < -0.4 is 9.64 Å². The lowest BCUT2D eigenvalue weighted by Gasteiger charge is -2.41. The number of aryl methyl sites for hydroxylation is 1. The van der Waals surface area contributed by atoms with Gasteiger partial charge in [-0.3, -0.25) is 4.79 Å². The maximum absolute atomic E-state index is 12.8. The van der Waals surface area contributed by atoms with E-state index >= 15 is 0 Å². The molecule has 7 heteroatoms. The maximum Gasteiger partial charge on any atom is 0.226 e. The van der Waals surface area contributed by atoms with E-state index in [1.165, 1.54) is 19.2 Å². The number of ether oxygens (including phenoxy) is 1. The number of amides is 1. The molecule has 1 unspecified atom stereocenters. The van der Waals surface area contributed by atoms with Crippen LogP contribution in [0.2, 0.25) is 5.02 Å². The highest BCUT2D eigenvalue weighted by atomic mass is 35.5. The van der Waals surface area contributed by atoms with Crippen LogP contribution in [0.15, 0.2) is 30.6 Å². The lowest BCUT2D eigenvalue weighted by molar-refractivity contribution is -0.137. The van der Waals surface area contributed by atoms with Gasteiger partial charge in [0, 0.05) is 37.7 Å². The highest BCUT2D eigenvalue weighted by Crippen LogP contribution is 2.31. The van der Waals surface area contributed by atoms with E-state index in [4.69, 9.17) is 16.3 Å². The van der Waals surface area contributed by atoms with Gasteiger partial charge in [-0.1, -0.05) is 30.5 Å². The number of aromatic nitrogens is 2. The first-order valence-corrected chi connectivity index (χ1v) is 10.7. The number of nitrogens with zero attached hydrogens (tertiary/aromatic N) is 4. The summed E-state index contributed by atoms with van der Waals surface area (Å²) >= 11 is 6.24. The Balaban J connectivity index is 1.44. The van der Waals surface area contributed by atoms with Crippen molar-refractivity contribution in [3.63, 3.8) is 0 Å². The van der Waals surface area contributed by atoms with Crippen LogP contribution in [0.3, 0.4) is 0 Å². The third-order valence-electron chi connectivity index (χ3n) is 5.87. The lowest BCUT2D eigenvalue weighted by atomic mass is 10.0. The minimum Gasteiger partial charge on any atom is -0.437 e. The molecule has 1 aromatic carbocycles. The van der Waals surface area contributed by atoms with Gasteiger partial charge in [0.05, 0.1) is 5.02 Å². The minimum atomic E-state index is 0.155. The van der Waals surface area contributed by atoms with E-state index in [1.54, 1.807) is 0 Å². The largest absolute Gasteiger partial charge is 0.437 e. The van der Waals surface area contributed by atoms with Crippen molar-refractivity contribution in [3.8, 4) is 11.6 Å². The molecule has 0 radical (unpaired) electrons. The molecule has 1 saturated heterocycles. The second-order valence-corrected chi connectivity index (χ2v) is 8.47. The molecular formula is C22H27ClN4O2. The van der Waals surface area contributed by atoms with Gasteiger partial charge in [0.25, 0.3) is 0 Å². The summed E-state index contributed by atoms with van der Waals surface area (Å²) in [6.07, 6.45) is 5.95. The van der Waals surface area contributed by atoms with E-state index in [0.29, 0.717) is 22.6 Å². The lowest BCUT2D eigenvalue weighted by Crippen LogP contribution is -2.55. The fraction of sp³-hybridized carbons (Fsp3) is 0.500. The Morgan fingerprint density at radius 1 is 1.17 bits per heavy atom. The van der Waals surface area contributed by atoms with Gasteiger partial charge in [-0.15, -0.1) is 0 Å². The van der Waals surface area contributed by atoms with Crippen LogP contribution in [0.1, 0.15) is 38.2 Å². The SMILES string of the molecule is Cc1ccc(Cl)c(Oc2cc(N3CCN(C(=O)C4CCCC4)C(C)C3)ncn2)c1. The molecule has 0 spiro atoms. The van der Waals surface area contributed by atoms with Gasteiger partial charge in [0.2, 0.25) is 11.8 Å². The number of rotatable bonds is 4. The van der Waals surface area contributed by atoms with Gasteiger partial charge in [0.15, 0.2) is 0 Å². The van der Waals surface area contributed by atoms with Gasteiger partial charge in [0.1, 0.15) is 17.9 Å². The molecule has 2 heterocycles. The number of hydrogen-bond donors (Lipinski definition) is 0. The van der Waals surface area contributed by atoms with Crippen LogP contribution >= 0.6 is 11.6 Å². The first kappa shape index (κ1) is 20.0. The Morgan fingerprint density at radius 2 is 1.97 bits per heavy atom. The predicted octanol–water partition coefficient (Wildman–Crippen LogP) is 4.46. The van der Waals surface area contributed by atoms with Gasteiger partial charge in [-0.05, 0) is 44.4 Å². The Morgan fingerprint density at radius 3 is 2.72 bits per heavy atom. The van der Waals surface area contributed by atoms with E-state index < -0.39 is 0 Å². The number of halogens is 1. The molecule has 2 fully saturated rings. The Hall–Kier alpha value is -2.34. The summed E-state index contributed by atoms with van der Waals surface area (Å²) in [5.41, 5.74) is 1.07. The van der Waals surface area contributed by atoms with E-state index in [-0.39, 0.29) is 12.0 Å². The zero-order valence-corrected chi connectivity index (χ0v) is 17.7. The second kappa shape index (κ2) is 8.57. The Kier molecular flexibility index (Phi) is 5.90. The van der Waals surface area contributed by atoms with Crippen LogP contribution in [-0.4, -0.2) is 46.5 Å². The molecule has 29 heavy (non-hydrogen) atoms. The van der Waals surface area contributed by atoms with E-state index in [2.05, 4.69) is 26.7 Å². The molecule has 2 aliphatic rings. The minimum absolute atomic E-state index is 0.155. The monoisotopic (exact) mass is 414 g/mol. The topological polar surface area (TPSA) is 58.6 Å². The summed E-state index contributed by atoms with van der Waals surface area (Å²) in [4.78, 5) is 25.7. The third-order valence-corrected chi connectivity index (χ3v) is 6.18. The molecule has 4 rings (SSSR count). The molecule has 1 aromatic heterocycles. The summed E-state index contributed by atoms with van der Waals surface area (Å²) in [5, 5.41) is 0.545. The van der Waals surface area contributed by atoms with Crippen molar-refractivity contribution in [2.24, 2.45) is 5.92 Å². The fourth-order valence-corrected chi connectivity index (χ4v) is 4.42. The van der Waals surface area contributed by atoms with Crippen LogP contribution in [0.25, 0.3) is 0 Å². The van der Waals surface area contributed by atoms with Crippen molar-refractivity contribution in [1.29, 1.82) is 0 Å². The summed E-state index contributed by atoms with van der Waals surface area (Å²) in [6.45, 7) is 6.33. The standard InChI is InChI=1S/C22H27ClN4O2/c1-15-7-8-18(23)19(11-15)29-21-12-20(24-14-25-21)26-9-10-27(16(2)13-26)22(28)17-5-3-4-6-17/h7-8,11-12,14,16-17H,3-6,9-10,13H2,1-2H3. The predicted molar refractivity (Wildman–Crippen MR) is 114 cm³/mol. The molecule has 1 aliphatic heterocycles. The molecule has 2 aromatic rings. The zero-order chi connectivity index (χ0) is 20.4. The smallest absolute Gasteiger partial charge is 0.226 e. The van der Waals surface area contributed by atoms with Crippen molar-refractivity contribution >= 4 is 23.3 Å². The molecule has 1 atom stereocenters. The highest BCUT2D eigenvalue weighted by molar-refractivity contribution is 6.32. The summed E-state index contributed by atoms with van der Waals surface area (Å²) < 4.78 is 5.90. The Labute approximate surface area is 176 Å². The van der Waals surface area contributed by atoms with Gasteiger partial charge in [-0.25, -0.2) is 9.97 Å². The van der Waals surface area contributed by atoms with Gasteiger partial charge >= 0.3 is 0 Å². The third kappa shape index (κ3) is 4.47. The highest BCUT2D eigenvalue weighted by Gasteiger charge is 2.33. The fourth-order valence-electron chi connectivity index (χ4n) is 4.26. The van der Waals surface area contributed by atoms with E-state index in [1.807, 2.05) is 31.2 Å². The first-order valence-electron chi connectivity index (χ1n) is 10.3. The molecule has 0 bridgehead atoms. The quantitative estimate of drug-likeness (QED) is 0.739. The van der Waals surface area contributed by atoms with E-state index in [0.717, 1.165) is 43.9 Å². The van der Waals surface area contributed by atoms with Crippen molar-refractivity contribution in [2.45, 2.75) is 45.6 Å². The summed E-state index contributed by atoms with van der Waals surface area (Å²) in [5.74, 6) is 2.40. The van der Waals surface area contributed by atoms with Crippen LogP contribution in [0.4, 0.5) is 5.82 Å². The molecule has 1 aliphatic carbocycles. The molecule has 154 valence electrons. The molecule has 1 saturated carbocycles. The van der Waals surface area contributed by atoms with Crippen LogP contribution in [0.5, 0.6) is 11.6 Å². The van der Waals surface area contributed by atoms with Crippen molar-refractivity contribution in [2.75, 3.05) is 24.5 Å². The molecule has 0 N–H and O–H groups in total. The van der Waals surface area contributed by atoms with Crippen molar-refractivity contribution < 1.29 is 9.53 Å². The maximum atomic E-state index is 12.8. The zero-order valence-electron chi connectivity index (χ0n) is 17.0. The van der Waals surface area contributed by atoms with Crippen molar-refractivity contribution in [3.05, 3.63) is 41.2 Å². The van der Waals surface area contributed by atoms with E-state index in [9.17, 15) is 4.79 Å². The Bertz CT molecular complexity index is 885. The van der Waals surface area contributed by atoms with Crippen molar-refractivity contribution in [1.82, 2.24) is 14.9 Å². The van der Waals surface area contributed by atoms with Crippen LogP contribution in [-0.2, 0) is 4.79 Å². The summed E-state index contributed by atoms with van der Waals surface area (Å²) in [6, 6.07) is 7.63. The van der Waals surface area contributed by atoms with Crippen LogP contribution in [0, 0.1) is 12.8 Å². The normalized spacial score (nSPS) is 20.2. The number of piperazine rings is 1. The molecule has 6 nitrogen and oxygen atoms in total. The van der Waals surface area contributed by atoms with Gasteiger partial charge in [-0.2, -0.15) is 0 Å². The number of benzene rings is 1. The number of anilines is 1. The molecular weight excluding hydrogens is 388 g/mol. The first-order chi connectivity index (χ1) is 14.0. The number of hydrogen-bond acceptors (Lipinski definition) is 5. The average molecular weight is 415 g/mol. The second-order valence-electron chi connectivity index (χ2n) is 8.06. The number of carbonyl (C=O) groups is 1. The molecule has 1 amide bonds. The number of carbonyl (C=O) groups excluding carboxylic acids is 1. The summed E-state index contributed by atoms with van der Waals surface area (Å²) in [7, 11) is 0. The average Bonchev–Trinajstić information content (AvgIpc) is 3.25. The van der Waals surface area contributed by atoms with Gasteiger partial charge < -0.3 is 14.5 Å².